The van der Waals surface area contributed by atoms with Crippen LogP contribution < -0.4 is 20.5 Å². The average molecular weight is 638 g/mol. The highest BCUT2D eigenvalue weighted by molar-refractivity contribution is 8.15. The molecule has 234 valence electrons. The molecule has 14 heteroatoms. The van der Waals surface area contributed by atoms with Gasteiger partial charge in [-0.05, 0) is 61.2 Å². The molecule has 45 heavy (non-hydrogen) atoms. The number of halogens is 3. The quantitative estimate of drug-likeness (QED) is 0.189. The maximum absolute atomic E-state index is 12.7. The minimum absolute atomic E-state index is 0.121. The molecule has 1 fully saturated rings. The Bertz CT molecular complexity index is 1670. The second kappa shape index (κ2) is 13.9. The summed E-state index contributed by atoms with van der Waals surface area (Å²) < 4.78 is 42.6. The SMILES string of the molecule is CCCCc1ccccc1N1C(=O)CS/C1=N\C(=O)NNC(C)c1ccc(-c2ncn(-c3ccc(OC(F)(F)F)cc3)n2)cc1. The van der Waals surface area contributed by atoms with Gasteiger partial charge in [0.25, 0.3) is 0 Å². The van der Waals surface area contributed by atoms with Gasteiger partial charge in [-0.1, -0.05) is 67.6 Å². The lowest BCUT2D eigenvalue weighted by Gasteiger charge is -2.20. The predicted octanol–water partition coefficient (Wildman–Crippen LogP) is 6.59. The van der Waals surface area contributed by atoms with E-state index >= 15 is 0 Å². The van der Waals surface area contributed by atoms with Crippen LogP contribution in [0.4, 0.5) is 23.7 Å². The van der Waals surface area contributed by atoms with Crippen LogP contribution in [-0.2, 0) is 11.2 Å². The molecule has 2 heterocycles. The lowest BCUT2D eigenvalue weighted by molar-refractivity contribution is -0.274. The molecule has 0 saturated carbocycles. The molecular formula is C31H30F3N7O3S. The van der Waals surface area contributed by atoms with Crippen molar-refractivity contribution in [2.75, 3.05) is 10.7 Å². The number of benzene rings is 3. The number of carbonyl (C=O) groups is 2. The van der Waals surface area contributed by atoms with E-state index < -0.39 is 12.4 Å². The fraction of sp³-hybridized carbons (Fsp3) is 0.258. The highest BCUT2D eigenvalue weighted by atomic mass is 32.2. The highest BCUT2D eigenvalue weighted by Crippen LogP contribution is 2.31. The lowest BCUT2D eigenvalue weighted by atomic mass is 10.1. The minimum atomic E-state index is -4.76. The normalized spacial score (nSPS) is 15.0. The van der Waals surface area contributed by atoms with Gasteiger partial charge in [0.05, 0.1) is 17.1 Å². The van der Waals surface area contributed by atoms with Crippen molar-refractivity contribution in [2.24, 2.45) is 4.99 Å². The molecule has 0 spiro atoms. The van der Waals surface area contributed by atoms with Crippen LogP contribution in [0.5, 0.6) is 5.75 Å². The number of alkyl halides is 3. The van der Waals surface area contributed by atoms with Gasteiger partial charge in [0.1, 0.15) is 12.1 Å². The number of amidine groups is 1. The molecule has 0 bridgehead atoms. The Morgan fingerprint density at radius 2 is 1.82 bits per heavy atom. The van der Waals surface area contributed by atoms with Gasteiger partial charge in [-0.25, -0.2) is 19.9 Å². The van der Waals surface area contributed by atoms with Crippen molar-refractivity contribution in [1.29, 1.82) is 0 Å². The number of nitrogens with one attached hydrogen (secondary N) is 2. The molecule has 10 nitrogen and oxygen atoms in total. The number of aryl methyl sites for hydroxylation is 1. The zero-order valence-electron chi connectivity index (χ0n) is 24.4. The average Bonchev–Trinajstić information content (AvgIpc) is 3.66. The molecule has 1 aliphatic heterocycles. The molecule has 1 unspecified atom stereocenters. The number of hydrogen-bond acceptors (Lipinski definition) is 7. The predicted molar refractivity (Wildman–Crippen MR) is 166 cm³/mol. The van der Waals surface area contributed by atoms with Gasteiger partial charge in [0, 0.05) is 11.6 Å². The number of nitrogens with zero attached hydrogens (tertiary/aromatic N) is 5. The van der Waals surface area contributed by atoms with E-state index in [9.17, 15) is 22.8 Å². The Morgan fingerprint density at radius 1 is 1.09 bits per heavy atom. The number of urea groups is 1. The molecule has 0 aliphatic carbocycles. The number of unbranched alkanes of at least 4 members (excludes halogenated alkanes) is 1. The van der Waals surface area contributed by atoms with E-state index in [2.05, 4.69) is 37.6 Å². The van der Waals surface area contributed by atoms with Gasteiger partial charge in [-0.15, -0.1) is 18.3 Å². The number of amides is 3. The largest absolute Gasteiger partial charge is 0.573 e. The molecule has 4 aromatic rings. The Balaban J connectivity index is 1.19. The van der Waals surface area contributed by atoms with Crippen LogP contribution >= 0.6 is 11.8 Å². The molecular weight excluding hydrogens is 607 g/mol. The van der Waals surface area contributed by atoms with E-state index in [-0.39, 0.29) is 23.5 Å². The third-order valence-corrected chi connectivity index (χ3v) is 7.81. The van der Waals surface area contributed by atoms with Gasteiger partial charge < -0.3 is 4.74 Å². The van der Waals surface area contributed by atoms with E-state index in [0.717, 1.165) is 41.6 Å². The summed E-state index contributed by atoms with van der Waals surface area (Å²) >= 11 is 1.22. The van der Waals surface area contributed by atoms with Gasteiger partial charge in [0.2, 0.25) is 5.91 Å². The van der Waals surface area contributed by atoms with E-state index in [1.807, 2.05) is 55.5 Å². The topological polar surface area (TPSA) is 114 Å². The number of ether oxygens (including phenoxy) is 1. The fourth-order valence-electron chi connectivity index (χ4n) is 4.60. The van der Waals surface area contributed by atoms with Crippen LogP contribution in [0, 0.1) is 0 Å². The number of aromatic nitrogens is 3. The first-order valence-electron chi connectivity index (χ1n) is 14.2. The first-order chi connectivity index (χ1) is 21.6. The molecule has 1 atom stereocenters. The van der Waals surface area contributed by atoms with Crippen LogP contribution in [0.15, 0.2) is 84.1 Å². The van der Waals surface area contributed by atoms with E-state index in [4.69, 9.17) is 0 Å². The summed E-state index contributed by atoms with van der Waals surface area (Å²) in [7, 11) is 0. The second-order valence-corrected chi connectivity index (χ2v) is 11.1. The van der Waals surface area contributed by atoms with Crippen LogP contribution in [0.2, 0.25) is 0 Å². The summed E-state index contributed by atoms with van der Waals surface area (Å²) in [5.41, 5.74) is 9.44. The number of carbonyl (C=O) groups excluding carboxylic acids is 2. The molecule has 0 radical (unpaired) electrons. The molecule has 1 saturated heterocycles. The van der Waals surface area contributed by atoms with Crippen LogP contribution in [0.25, 0.3) is 17.1 Å². The maximum Gasteiger partial charge on any atom is 0.573 e. The van der Waals surface area contributed by atoms with Crippen molar-refractivity contribution in [2.45, 2.75) is 45.5 Å². The molecule has 3 amide bonds. The number of aliphatic imine (C=N–C) groups is 1. The van der Waals surface area contributed by atoms with Crippen molar-refractivity contribution >= 4 is 34.6 Å². The van der Waals surface area contributed by atoms with Crippen molar-refractivity contribution in [3.63, 3.8) is 0 Å². The van der Waals surface area contributed by atoms with Crippen molar-refractivity contribution in [3.05, 3.63) is 90.3 Å². The van der Waals surface area contributed by atoms with Crippen LogP contribution in [0.1, 0.15) is 43.9 Å². The van der Waals surface area contributed by atoms with Crippen LogP contribution in [-0.4, -0.2) is 44.0 Å². The lowest BCUT2D eigenvalue weighted by Crippen LogP contribution is -2.39. The summed E-state index contributed by atoms with van der Waals surface area (Å²) in [5, 5.41) is 4.75. The summed E-state index contributed by atoms with van der Waals surface area (Å²) in [6.07, 6.45) is -0.456. The standard InChI is InChI=1S/C31H30F3N7O3S/c1-3-4-7-22-8-5-6-9-26(22)41-27(42)18-45-30(41)36-29(43)38-37-20(2)21-10-12-23(13-11-21)28-35-19-40(39-28)24-14-16-25(17-15-24)44-31(32,33)34/h5-6,8-17,19-20,37H,3-4,7,18H2,1-2H3,(H,38,43)/b36-30-. The number of anilines is 1. The van der Waals surface area contributed by atoms with E-state index in [1.165, 1.54) is 51.9 Å². The molecule has 5 rings (SSSR count). The van der Waals surface area contributed by atoms with Crippen molar-refractivity contribution in [1.82, 2.24) is 25.6 Å². The molecule has 3 aromatic carbocycles. The van der Waals surface area contributed by atoms with Crippen molar-refractivity contribution < 1.29 is 27.5 Å². The number of thioether (sulfide) groups is 1. The first-order valence-corrected chi connectivity index (χ1v) is 15.2. The maximum atomic E-state index is 12.7. The summed E-state index contributed by atoms with van der Waals surface area (Å²) in [6, 6.07) is 19.4. The minimum Gasteiger partial charge on any atom is -0.406 e. The number of para-hydroxylation sites is 1. The second-order valence-electron chi connectivity index (χ2n) is 10.1. The fourth-order valence-corrected chi connectivity index (χ4v) is 5.46. The van der Waals surface area contributed by atoms with Gasteiger partial charge in [0.15, 0.2) is 11.0 Å². The number of hydrogen-bond donors (Lipinski definition) is 2. The molecule has 1 aliphatic rings. The Morgan fingerprint density at radius 3 is 2.53 bits per heavy atom. The van der Waals surface area contributed by atoms with Gasteiger partial charge >= 0.3 is 12.4 Å². The Kier molecular flexibility index (Phi) is 9.83. The smallest absolute Gasteiger partial charge is 0.406 e. The number of rotatable bonds is 10. The van der Waals surface area contributed by atoms with E-state index in [0.29, 0.717) is 16.7 Å². The third kappa shape index (κ3) is 8.08. The van der Waals surface area contributed by atoms with Gasteiger partial charge in [-0.3, -0.25) is 15.1 Å². The highest BCUT2D eigenvalue weighted by Gasteiger charge is 2.32. The van der Waals surface area contributed by atoms with E-state index in [1.54, 1.807) is 0 Å². The number of hydrazine groups is 1. The Labute approximate surface area is 261 Å². The zero-order valence-corrected chi connectivity index (χ0v) is 25.2. The third-order valence-electron chi connectivity index (χ3n) is 6.89. The Hall–Kier alpha value is -4.69. The van der Waals surface area contributed by atoms with Crippen LogP contribution in [0.3, 0.4) is 0 Å². The molecule has 2 N–H and O–H groups in total. The summed E-state index contributed by atoms with van der Waals surface area (Å²) in [4.78, 5) is 35.4. The summed E-state index contributed by atoms with van der Waals surface area (Å²) in [6.45, 7) is 3.98. The zero-order chi connectivity index (χ0) is 32.0. The van der Waals surface area contributed by atoms with Gasteiger partial charge in [-0.2, -0.15) is 4.99 Å². The molecule has 1 aromatic heterocycles. The van der Waals surface area contributed by atoms with Crippen molar-refractivity contribution in [3.8, 4) is 22.8 Å². The first kappa shape index (κ1) is 31.7. The summed E-state index contributed by atoms with van der Waals surface area (Å²) in [5.74, 6) is 0.184. The monoisotopic (exact) mass is 637 g/mol.